The predicted octanol–water partition coefficient (Wildman–Crippen LogP) is 3.88. The summed E-state index contributed by atoms with van der Waals surface area (Å²) in [5.74, 6) is 0.542. The van der Waals surface area contributed by atoms with E-state index in [-0.39, 0.29) is 17.6 Å². The van der Waals surface area contributed by atoms with E-state index in [1.54, 1.807) is 28.8 Å². The zero-order valence-electron chi connectivity index (χ0n) is 18.1. The number of hydrogen-bond acceptors (Lipinski definition) is 7. The van der Waals surface area contributed by atoms with E-state index in [2.05, 4.69) is 25.9 Å². The van der Waals surface area contributed by atoms with E-state index in [1.165, 1.54) is 18.7 Å². The van der Waals surface area contributed by atoms with Gasteiger partial charge in [-0.1, -0.05) is 17.8 Å². The highest BCUT2D eigenvalue weighted by atomic mass is 32.2. The molecule has 2 N–H and O–H groups in total. The molecule has 33 heavy (non-hydrogen) atoms. The van der Waals surface area contributed by atoms with Gasteiger partial charge in [0.05, 0.1) is 18.1 Å². The van der Waals surface area contributed by atoms with Crippen molar-refractivity contribution >= 4 is 40.6 Å². The molecule has 0 atom stereocenters. The second kappa shape index (κ2) is 10.1. The number of ether oxygens (including phenoxy) is 1. The Morgan fingerprint density at radius 3 is 2.48 bits per heavy atom. The van der Waals surface area contributed by atoms with Crippen molar-refractivity contribution in [3.05, 3.63) is 60.7 Å². The highest BCUT2D eigenvalue weighted by Crippen LogP contribution is 2.23. The molecule has 2 aromatic carbocycles. The van der Waals surface area contributed by atoms with Gasteiger partial charge in [0.25, 0.3) is 0 Å². The summed E-state index contributed by atoms with van der Waals surface area (Å²) < 4.78 is 7.11. The van der Waals surface area contributed by atoms with Crippen LogP contribution < -0.4 is 15.4 Å². The van der Waals surface area contributed by atoms with Crippen molar-refractivity contribution in [2.75, 3.05) is 23.0 Å². The average Bonchev–Trinajstić information content (AvgIpc) is 3.20. The van der Waals surface area contributed by atoms with E-state index < -0.39 is 0 Å². The van der Waals surface area contributed by atoms with E-state index in [1.807, 2.05) is 43.3 Å². The zero-order chi connectivity index (χ0) is 23.2. The van der Waals surface area contributed by atoms with Gasteiger partial charge in [-0.05, 0) is 61.5 Å². The van der Waals surface area contributed by atoms with E-state index in [0.29, 0.717) is 28.8 Å². The predicted molar refractivity (Wildman–Crippen MR) is 127 cm³/mol. The molecule has 0 aliphatic heterocycles. The lowest BCUT2D eigenvalue weighted by Gasteiger charge is -2.08. The summed E-state index contributed by atoms with van der Waals surface area (Å²) in [7, 11) is 0. The van der Waals surface area contributed by atoms with Crippen LogP contribution in [-0.2, 0) is 9.59 Å². The first-order valence-electron chi connectivity index (χ1n) is 10.3. The lowest BCUT2D eigenvalue weighted by Crippen LogP contribution is -2.15. The molecule has 0 saturated carbocycles. The van der Waals surface area contributed by atoms with Crippen molar-refractivity contribution in [1.82, 2.24) is 19.8 Å². The largest absolute Gasteiger partial charge is 0.494 e. The van der Waals surface area contributed by atoms with Crippen LogP contribution in [-0.4, -0.2) is 44.0 Å². The molecule has 0 bridgehead atoms. The van der Waals surface area contributed by atoms with E-state index >= 15 is 0 Å². The maximum absolute atomic E-state index is 12.4. The van der Waals surface area contributed by atoms with Gasteiger partial charge in [0.15, 0.2) is 5.65 Å². The minimum Gasteiger partial charge on any atom is -0.494 e. The van der Waals surface area contributed by atoms with Gasteiger partial charge in [-0.25, -0.2) is 0 Å². The van der Waals surface area contributed by atoms with Crippen LogP contribution in [0, 0.1) is 0 Å². The molecule has 0 spiro atoms. The Bertz CT molecular complexity index is 1290. The van der Waals surface area contributed by atoms with Gasteiger partial charge in [-0.3, -0.25) is 9.59 Å². The first-order valence-corrected chi connectivity index (χ1v) is 11.3. The van der Waals surface area contributed by atoms with Gasteiger partial charge in [-0.15, -0.1) is 10.2 Å². The molecule has 9 nitrogen and oxygen atoms in total. The van der Waals surface area contributed by atoms with Crippen LogP contribution in [0.1, 0.15) is 13.8 Å². The number of hydrogen-bond donors (Lipinski definition) is 2. The van der Waals surface area contributed by atoms with Crippen molar-refractivity contribution in [3.63, 3.8) is 0 Å². The average molecular weight is 463 g/mol. The van der Waals surface area contributed by atoms with E-state index in [9.17, 15) is 9.59 Å². The Morgan fingerprint density at radius 2 is 1.76 bits per heavy atom. The number of rotatable bonds is 8. The summed E-state index contributed by atoms with van der Waals surface area (Å²) in [4.78, 5) is 23.7. The second-order valence-corrected chi connectivity index (χ2v) is 7.97. The molecule has 0 aliphatic rings. The van der Waals surface area contributed by atoms with Gasteiger partial charge in [0, 0.05) is 23.9 Å². The Kier molecular flexibility index (Phi) is 6.84. The summed E-state index contributed by atoms with van der Waals surface area (Å²) in [6.45, 7) is 3.98. The number of amides is 2. The normalized spacial score (nSPS) is 10.7. The number of carbonyl (C=O) groups excluding carboxylic acids is 2. The quantitative estimate of drug-likeness (QED) is 0.382. The number of thioether (sulfide) groups is 1. The van der Waals surface area contributed by atoms with E-state index in [0.717, 1.165) is 17.0 Å². The highest BCUT2D eigenvalue weighted by Gasteiger charge is 2.12. The van der Waals surface area contributed by atoms with Crippen LogP contribution in [0.2, 0.25) is 0 Å². The van der Waals surface area contributed by atoms with Crippen molar-refractivity contribution in [1.29, 1.82) is 0 Å². The summed E-state index contributed by atoms with van der Waals surface area (Å²) in [5, 5.41) is 19.0. The van der Waals surface area contributed by atoms with Crippen LogP contribution in [0.4, 0.5) is 11.4 Å². The number of carbonyl (C=O) groups is 2. The van der Waals surface area contributed by atoms with Crippen molar-refractivity contribution in [2.24, 2.45) is 0 Å². The Morgan fingerprint density at radius 1 is 1.00 bits per heavy atom. The van der Waals surface area contributed by atoms with Gasteiger partial charge >= 0.3 is 0 Å². The standard InChI is InChI=1S/C23H22N6O3S/c1-3-32-19-9-7-16(8-10-19)20-11-12-21-26-27-23(29(21)28-20)33-14-22(31)25-18-6-4-5-17(13-18)24-15(2)30/h4-13H,3,14H2,1-2H3,(H,24,30)(H,25,31). The number of nitrogens with one attached hydrogen (secondary N) is 2. The minimum absolute atomic E-state index is 0.125. The molecule has 0 aliphatic carbocycles. The molecule has 2 amide bonds. The number of anilines is 2. The van der Waals surface area contributed by atoms with Crippen molar-refractivity contribution in [2.45, 2.75) is 19.0 Å². The van der Waals surface area contributed by atoms with E-state index in [4.69, 9.17) is 4.74 Å². The first-order chi connectivity index (χ1) is 16.0. The smallest absolute Gasteiger partial charge is 0.234 e. The fourth-order valence-corrected chi connectivity index (χ4v) is 3.79. The molecule has 4 aromatic rings. The van der Waals surface area contributed by atoms with Crippen molar-refractivity contribution in [3.8, 4) is 17.0 Å². The number of aromatic nitrogens is 4. The van der Waals surface area contributed by atoms with Gasteiger partial charge in [0.2, 0.25) is 17.0 Å². The molecule has 2 heterocycles. The first kappa shape index (κ1) is 22.3. The fraction of sp³-hybridized carbons (Fsp3) is 0.174. The molecule has 0 saturated heterocycles. The van der Waals surface area contributed by atoms with Crippen LogP contribution in [0.15, 0.2) is 65.8 Å². The van der Waals surface area contributed by atoms with Gasteiger partial charge in [-0.2, -0.15) is 9.61 Å². The third-order valence-corrected chi connectivity index (χ3v) is 5.41. The second-order valence-electron chi connectivity index (χ2n) is 7.03. The molecule has 168 valence electrons. The van der Waals surface area contributed by atoms with Gasteiger partial charge in [0.1, 0.15) is 5.75 Å². The molecule has 0 fully saturated rings. The molecule has 0 unspecified atom stereocenters. The monoisotopic (exact) mass is 462 g/mol. The Hall–Kier alpha value is -3.92. The topological polar surface area (TPSA) is 111 Å². The number of fused-ring (bicyclic) bond motifs is 1. The molecule has 4 rings (SSSR count). The lowest BCUT2D eigenvalue weighted by molar-refractivity contribution is -0.114. The summed E-state index contributed by atoms with van der Waals surface area (Å²) >= 11 is 1.24. The van der Waals surface area contributed by atoms with Crippen LogP contribution in [0.3, 0.4) is 0 Å². The Labute approximate surface area is 194 Å². The van der Waals surface area contributed by atoms with Crippen molar-refractivity contribution < 1.29 is 14.3 Å². The molecular weight excluding hydrogens is 440 g/mol. The third kappa shape index (κ3) is 5.66. The van der Waals surface area contributed by atoms with Crippen LogP contribution in [0.5, 0.6) is 5.75 Å². The molecule has 0 radical (unpaired) electrons. The van der Waals surface area contributed by atoms with Gasteiger partial charge < -0.3 is 15.4 Å². The Balaban J connectivity index is 1.44. The lowest BCUT2D eigenvalue weighted by atomic mass is 10.1. The number of benzene rings is 2. The molecule has 2 aromatic heterocycles. The molecular formula is C23H22N6O3S. The fourth-order valence-electron chi connectivity index (χ4n) is 3.11. The summed E-state index contributed by atoms with van der Waals surface area (Å²) in [5.41, 5.74) is 3.49. The summed E-state index contributed by atoms with van der Waals surface area (Å²) in [6.07, 6.45) is 0. The maximum Gasteiger partial charge on any atom is 0.234 e. The third-order valence-electron chi connectivity index (χ3n) is 4.49. The SMILES string of the molecule is CCOc1ccc(-c2ccc3nnc(SCC(=O)Nc4cccc(NC(C)=O)c4)n3n2)cc1. The zero-order valence-corrected chi connectivity index (χ0v) is 18.9. The number of nitrogens with zero attached hydrogens (tertiary/aromatic N) is 4. The molecule has 10 heteroatoms. The summed E-state index contributed by atoms with van der Waals surface area (Å²) in [6, 6.07) is 18.4. The minimum atomic E-state index is -0.209. The highest BCUT2D eigenvalue weighted by molar-refractivity contribution is 7.99. The van der Waals surface area contributed by atoms with Crippen LogP contribution in [0.25, 0.3) is 16.9 Å². The van der Waals surface area contributed by atoms with Crippen LogP contribution >= 0.6 is 11.8 Å². The maximum atomic E-state index is 12.4.